The van der Waals surface area contributed by atoms with Gasteiger partial charge in [0.25, 0.3) is 0 Å². The van der Waals surface area contributed by atoms with Crippen LogP contribution in [0, 0.1) is 0 Å². The van der Waals surface area contributed by atoms with Crippen LogP contribution in [0.3, 0.4) is 0 Å². The first kappa shape index (κ1) is 14.4. The van der Waals surface area contributed by atoms with Gasteiger partial charge in [-0.3, -0.25) is 0 Å². The first-order chi connectivity index (χ1) is 9.88. The van der Waals surface area contributed by atoms with E-state index >= 15 is 0 Å². The van der Waals surface area contributed by atoms with E-state index in [1.807, 2.05) is 48.5 Å². The summed E-state index contributed by atoms with van der Waals surface area (Å²) < 4.78 is 5.82. The normalized spacial score (nSPS) is 10.2. The van der Waals surface area contributed by atoms with Crippen molar-refractivity contribution in [1.82, 2.24) is 0 Å². The third-order valence-electron chi connectivity index (χ3n) is 3.17. The highest BCUT2D eigenvalue weighted by atomic mass is 16.5. The Hall–Kier alpha value is -1.96. The molecule has 0 heterocycles. The van der Waals surface area contributed by atoms with Gasteiger partial charge < -0.3 is 10.1 Å². The topological polar surface area (TPSA) is 21.3 Å². The van der Waals surface area contributed by atoms with E-state index in [9.17, 15) is 0 Å². The van der Waals surface area contributed by atoms with Crippen LogP contribution in [0.1, 0.15) is 32.6 Å². The summed E-state index contributed by atoms with van der Waals surface area (Å²) in [7, 11) is 0. The monoisotopic (exact) mass is 269 g/mol. The Balaban J connectivity index is 1.84. The number of unbranched alkanes of at least 4 members (excludes halogenated alkanes) is 3. The molecule has 0 aliphatic heterocycles. The lowest BCUT2D eigenvalue weighted by Gasteiger charge is -2.09. The Labute approximate surface area is 121 Å². The van der Waals surface area contributed by atoms with Crippen molar-refractivity contribution in [2.24, 2.45) is 0 Å². The first-order valence-corrected chi connectivity index (χ1v) is 7.45. The number of nitrogens with one attached hydrogen (secondary N) is 1. The molecule has 0 bridgehead atoms. The van der Waals surface area contributed by atoms with E-state index in [-0.39, 0.29) is 0 Å². The zero-order valence-corrected chi connectivity index (χ0v) is 12.1. The van der Waals surface area contributed by atoms with E-state index in [1.54, 1.807) is 0 Å². The Kier molecular flexibility index (Phi) is 5.97. The average molecular weight is 269 g/mol. The van der Waals surface area contributed by atoms with Gasteiger partial charge >= 0.3 is 0 Å². The second-order valence-electron chi connectivity index (χ2n) is 4.93. The molecular weight excluding hydrogens is 246 g/mol. The van der Waals surface area contributed by atoms with Gasteiger partial charge in [0, 0.05) is 18.3 Å². The molecule has 2 rings (SSSR count). The van der Waals surface area contributed by atoms with Crippen LogP contribution in [0.4, 0.5) is 5.69 Å². The fourth-order valence-electron chi connectivity index (χ4n) is 2.08. The SMILES string of the molecule is CCCCCCNc1cccc(Oc2ccccc2)c1. The molecule has 20 heavy (non-hydrogen) atoms. The quantitative estimate of drug-likeness (QED) is 0.641. The molecule has 2 heteroatoms. The summed E-state index contributed by atoms with van der Waals surface area (Å²) in [6, 6.07) is 18.0. The lowest BCUT2D eigenvalue weighted by Crippen LogP contribution is -2.01. The molecule has 2 nitrogen and oxygen atoms in total. The molecule has 0 aromatic heterocycles. The van der Waals surface area contributed by atoms with E-state index in [0.29, 0.717) is 0 Å². The molecule has 1 N–H and O–H groups in total. The molecule has 0 radical (unpaired) electrons. The van der Waals surface area contributed by atoms with Gasteiger partial charge in [0.05, 0.1) is 0 Å². The van der Waals surface area contributed by atoms with Crippen molar-refractivity contribution >= 4 is 5.69 Å². The van der Waals surface area contributed by atoms with E-state index in [4.69, 9.17) is 4.74 Å². The number of hydrogen-bond acceptors (Lipinski definition) is 2. The third kappa shape index (κ3) is 4.96. The van der Waals surface area contributed by atoms with Crippen LogP contribution < -0.4 is 10.1 Å². The minimum atomic E-state index is 0.868. The molecule has 0 spiro atoms. The van der Waals surface area contributed by atoms with Crippen molar-refractivity contribution in [3.05, 3.63) is 54.6 Å². The number of benzene rings is 2. The fourth-order valence-corrected chi connectivity index (χ4v) is 2.08. The van der Waals surface area contributed by atoms with Crippen LogP contribution in [0.25, 0.3) is 0 Å². The molecular formula is C18H23NO. The summed E-state index contributed by atoms with van der Waals surface area (Å²) in [5, 5.41) is 3.45. The standard InChI is InChI=1S/C18H23NO/c1-2-3-4-8-14-19-16-10-9-13-18(15-16)20-17-11-6-5-7-12-17/h5-7,9-13,15,19H,2-4,8,14H2,1H3. The summed E-state index contributed by atoms with van der Waals surface area (Å²) >= 11 is 0. The maximum absolute atomic E-state index is 5.82. The summed E-state index contributed by atoms with van der Waals surface area (Å²) in [4.78, 5) is 0. The maximum atomic E-state index is 5.82. The highest BCUT2D eigenvalue weighted by Crippen LogP contribution is 2.23. The van der Waals surface area contributed by atoms with Crippen LogP contribution in [0.15, 0.2) is 54.6 Å². The predicted molar refractivity (Wildman–Crippen MR) is 85.6 cm³/mol. The van der Waals surface area contributed by atoms with Crippen LogP contribution >= 0.6 is 0 Å². The number of ether oxygens (including phenoxy) is 1. The molecule has 2 aromatic carbocycles. The largest absolute Gasteiger partial charge is 0.457 e. The van der Waals surface area contributed by atoms with Gasteiger partial charge in [-0.05, 0) is 30.7 Å². The van der Waals surface area contributed by atoms with E-state index in [0.717, 1.165) is 23.7 Å². The van der Waals surface area contributed by atoms with Crippen LogP contribution in [0.5, 0.6) is 11.5 Å². The van der Waals surface area contributed by atoms with Crippen molar-refractivity contribution in [2.75, 3.05) is 11.9 Å². The molecule has 0 fully saturated rings. The summed E-state index contributed by atoms with van der Waals surface area (Å²) in [6.07, 6.45) is 5.11. The molecule has 106 valence electrons. The number of para-hydroxylation sites is 1. The smallest absolute Gasteiger partial charge is 0.129 e. The molecule has 2 aromatic rings. The molecule has 0 amide bonds. The zero-order valence-electron chi connectivity index (χ0n) is 12.1. The highest BCUT2D eigenvalue weighted by Gasteiger charge is 1.98. The summed E-state index contributed by atoms with van der Waals surface area (Å²) in [5.74, 6) is 1.74. The average Bonchev–Trinajstić information content (AvgIpc) is 2.48. The Morgan fingerprint density at radius 2 is 1.65 bits per heavy atom. The van der Waals surface area contributed by atoms with Crippen molar-refractivity contribution in [3.8, 4) is 11.5 Å². The van der Waals surface area contributed by atoms with Crippen LogP contribution in [-0.4, -0.2) is 6.54 Å². The first-order valence-electron chi connectivity index (χ1n) is 7.45. The van der Waals surface area contributed by atoms with Crippen molar-refractivity contribution < 1.29 is 4.74 Å². The maximum Gasteiger partial charge on any atom is 0.129 e. The molecule has 0 saturated carbocycles. The fraction of sp³-hybridized carbons (Fsp3) is 0.333. The predicted octanol–water partition coefficient (Wildman–Crippen LogP) is 5.47. The molecule has 0 aliphatic carbocycles. The Bertz CT molecular complexity index is 496. The van der Waals surface area contributed by atoms with Gasteiger partial charge in [-0.2, -0.15) is 0 Å². The lowest BCUT2D eigenvalue weighted by atomic mass is 10.2. The number of rotatable bonds is 8. The number of anilines is 1. The van der Waals surface area contributed by atoms with Gasteiger partial charge in [0.1, 0.15) is 11.5 Å². The Morgan fingerprint density at radius 3 is 2.45 bits per heavy atom. The highest BCUT2D eigenvalue weighted by molar-refractivity contribution is 5.49. The van der Waals surface area contributed by atoms with Gasteiger partial charge in [-0.1, -0.05) is 50.5 Å². The third-order valence-corrected chi connectivity index (χ3v) is 3.17. The zero-order chi connectivity index (χ0) is 14.0. The van der Waals surface area contributed by atoms with E-state index in [1.165, 1.54) is 25.7 Å². The van der Waals surface area contributed by atoms with E-state index < -0.39 is 0 Å². The second kappa shape index (κ2) is 8.26. The molecule has 0 aliphatic rings. The minimum Gasteiger partial charge on any atom is -0.457 e. The second-order valence-corrected chi connectivity index (χ2v) is 4.93. The van der Waals surface area contributed by atoms with E-state index in [2.05, 4.69) is 18.3 Å². The lowest BCUT2D eigenvalue weighted by molar-refractivity contribution is 0.483. The number of hydrogen-bond donors (Lipinski definition) is 1. The van der Waals surface area contributed by atoms with Crippen molar-refractivity contribution in [2.45, 2.75) is 32.6 Å². The van der Waals surface area contributed by atoms with Gasteiger partial charge in [0.15, 0.2) is 0 Å². The van der Waals surface area contributed by atoms with Crippen LogP contribution in [0.2, 0.25) is 0 Å². The van der Waals surface area contributed by atoms with Crippen molar-refractivity contribution in [1.29, 1.82) is 0 Å². The van der Waals surface area contributed by atoms with Gasteiger partial charge in [0.2, 0.25) is 0 Å². The van der Waals surface area contributed by atoms with Gasteiger partial charge in [-0.25, -0.2) is 0 Å². The van der Waals surface area contributed by atoms with Crippen LogP contribution in [-0.2, 0) is 0 Å². The minimum absolute atomic E-state index is 0.868. The summed E-state index contributed by atoms with van der Waals surface area (Å²) in [6.45, 7) is 3.26. The summed E-state index contributed by atoms with van der Waals surface area (Å²) in [5.41, 5.74) is 1.12. The van der Waals surface area contributed by atoms with Gasteiger partial charge in [-0.15, -0.1) is 0 Å². The Morgan fingerprint density at radius 1 is 0.850 bits per heavy atom. The van der Waals surface area contributed by atoms with Crippen molar-refractivity contribution in [3.63, 3.8) is 0 Å². The molecule has 0 saturated heterocycles. The molecule has 0 unspecified atom stereocenters. The molecule has 0 atom stereocenters.